The van der Waals surface area contributed by atoms with Crippen LogP contribution < -0.4 is 0 Å². The van der Waals surface area contributed by atoms with E-state index in [-0.39, 0.29) is 18.3 Å². The van der Waals surface area contributed by atoms with Crippen LogP contribution in [0.25, 0.3) is 0 Å². The van der Waals surface area contributed by atoms with E-state index in [4.69, 9.17) is 56.4 Å². The molecule has 49 heavy (non-hydrogen) atoms. The van der Waals surface area contributed by atoms with Crippen molar-refractivity contribution >= 4 is 17.4 Å². The van der Waals surface area contributed by atoms with Gasteiger partial charge in [0.1, 0.15) is 12.2 Å². The van der Waals surface area contributed by atoms with Gasteiger partial charge in [-0.15, -0.1) is 0 Å². The summed E-state index contributed by atoms with van der Waals surface area (Å²) >= 11 is 0. The minimum atomic E-state index is -2.62. The minimum Gasteiger partial charge on any atom is -0.398 e. The second-order valence-electron chi connectivity index (χ2n) is 14.3. The van der Waals surface area contributed by atoms with Crippen LogP contribution in [0.1, 0.15) is 54.4 Å². The molecule has 0 saturated carbocycles. The number of hydrogen-bond acceptors (Lipinski definition) is 14. The molecule has 2 bridgehead atoms. The zero-order valence-electron chi connectivity index (χ0n) is 31.8. The van der Waals surface area contributed by atoms with Crippen LogP contribution in [0.4, 0.5) is 0 Å². The molecule has 5 aliphatic heterocycles. The predicted octanol–water partition coefficient (Wildman–Crippen LogP) is 1.86. The number of aliphatic hydroxyl groups is 3. The van der Waals surface area contributed by atoms with Crippen LogP contribution >= 0.6 is 0 Å². The van der Waals surface area contributed by atoms with Gasteiger partial charge in [-0.25, -0.2) is 0 Å². The van der Waals surface area contributed by atoms with Gasteiger partial charge in [0.25, 0.3) is 0 Å². The topological polar surface area (TPSA) is 157 Å². The molecule has 14 nitrogen and oxygen atoms in total. The molecule has 0 aromatic carbocycles. The van der Waals surface area contributed by atoms with E-state index in [2.05, 4.69) is 32.2 Å². The third-order valence-corrected chi connectivity index (χ3v) is 14.5. The Bertz CT molecular complexity index is 793. The first kappa shape index (κ1) is 45.0. The lowest BCUT2D eigenvalue weighted by Crippen LogP contribution is -2.61. The van der Waals surface area contributed by atoms with Crippen molar-refractivity contribution in [3.63, 3.8) is 0 Å². The fraction of sp³-hybridized carbons (Fsp3) is 1.00. The minimum absolute atomic E-state index is 0.160. The molecule has 0 aromatic heterocycles. The second-order valence-corrected chi connectivity index (χ2v) is 20.4. The van der Waals surface area contributed by atoms with Gasteiger partial charge in [0.05, 0.1) is 63.1 Å². The molecule has 0 aliphatic carbocycles. The van der Waals surface area contributed by atoms with Crippen molar-refractivity contribution in [2.45, 2.75) is 122 Å². The molecule has 5 saturated heterocycles. The van der Waals surface area contributed by atoms with Gasteiger partial charge >= 0.3 is 17.4 Å². The Kier molecular flexibility index (Phi) is 21.6. The first-order valence-corrected chi connectivity index (χ1v) is 22.6. The maximum Gasteiger partial charge on any atom is 0.501 e. The van der Waals surface area contributed by atoms with E-state index in [1.165, 1.54) is 0 Å². The summed E-state index contributed by atoms with van der Waals surface area (Å²) in [7, 11) is -1.05. The molecule has 5 aliphatic rings. The van der Waals surface area contributed by atoms with E-state index in [0.29, 0.717) is 45.1 Å². The van der Waals surface area contributed by atoms with E-state index in [0.717, 1.165) is 71.0 Å². The van der Waals surface area contributed by atoms with Crippen LogP contribution in [-0.2, 0) is 41.1 Å². The lowest BCUT2D eigenvalue weighted by molar-refractivity contribution is -0.0796. The van der Waals surface area contributed by atoms with Crippen molar-refractivity contribution < 1.29 is 56.4 Å². The lowest BCUT2D eigenvalue weighted by Gasteiger charge is -2.45. The fourth-order valence-corrected chi connectivity index (χ4v) is 10.4. The van der Waals surface area contributed by atoms with E-state index in [1.807, 2.05) is 4.90 Å². The van der Waals surface area contributed by atoms with E-state index in [1.54, 1.807) is 35.0 Å². The fourth-order valence-electron chi connectivity index (χ4n) is 5.88. The maximum absolute atomic E-state index is 9.14. The Morgan fingerprint density at radius 2 is 1.12 bits per heavy atom. The van der Waals surface area contributed by atoms with Crippen LogP contribution in [0.3, 0.4) is 0 Å². The molecule has 16 heteroatoms. The molecule has 0 amide bonds. The summed E-state index contributed by atoms with van der Waals surface area (Å²) in [6.45, 7) is 22.5. The van der Waals surface area contributed by atoms with Crippen LogP contribution in [0.2, 0.25) is 18.6 Å². The van der Waals surface area contributed by atoms with Crippen LogP contribution in [0, 0.1) is 0 Å². The molecule has 8 atom stereocenters. The SMILES string of the molecule is CC(O)CN(CC(C)O)CC(C)O.CC1CN2CC(C)O[Si](CCCOCC3CO3)(O1)OC(C)C2.CO[Si](C)(CCCOCC1CO1)OC. The van der Waals surface area contributed by atoms with Crippen molar-refractivity contribution in [3.05, 3.63) is 0 Å². The zero-order chi connectivity index (χ0) is 36.5. The number of aliphatic hydroxyl groups excluding tert-OH is 3. The number of hydrogen-bond donors (Lipinski definition) is 3. The molecule has 0 aromatic rings. The molecule has 292 valence electrons. The van der Waals surface area contributed by atoms with Crippen molar-refractivity contribution in [2.75, 3.05) is 93.1 Å². The zero-order valence-corrected chi connectivity index (χ0v) is 33.8. The van der Waals surface area contributed by atoms with Crippen molar-refractivity contribution in [1.82, 2.24) is 9.80 Å². The standard InChI is InChI=1S/C15H29NO5Si.C9H21NO3.C9H20O4Si/c1-12-7-16-8-13(2)20-22(19-12,21-14(3)9-16)6-4-5-17-10-15-11-18-15;1-7(11)4-10(5-8(2)12)6-9(3)13;1-10-14(3,11-2)6-4-5-12-7-9-8-13-9/h12-15H,4-11H2,1-3H3;7-9,11-13H,4-6H2,1-3H3;9H,4-8H2,1-3H3. The highest BCUT2D eigenvalue weighted by atomic mass is 28.4. The molecule has 3 N–H and O–H groups in total. The Morgan fingerprint density at radius 1 is 0.735 bits per heavy atom. The largest absolute Gasteiger partial charge is 0.501 e. The monoisotopic (exact) mass is 742 g/mol. The van der Waals surface area contributed by atoms with Gasteiger partial charge in [0.15, 0.2) is 0 Å². The van der Waals surface area contributed by atoms with Gasteiger partial charge in [-0.3, -0.25) is 9.80 Å². The average Bonchev–Trinajstić information content (AvgIpc) is 3.91. The number of ether oxygens (including phenoxy) is 4. The van der Waals surface area contributed by atoms with Gasteiger partial charge < -0.3 is 56.4 Å². The normalized spacial score (nSPS) is 31.3. The van der Waals surface area contributed by atoms with E-state index in [9.17, 15) is 0 Å². The highest BCUT2D eigenvalue weighted by Crippen LogP contribution is 2.29. The van der Waals surface area contributed by atoms with E-state index >= 15 is 0 Å². The smallest absolute Gasteiger partial charge is 0.398 e. The Morgan fingerprint density at radius 3 is 1.47 bits per heavy atom. The molecule has 0 spiro atoms. The first-order valence-electron chi connectivity index (χ1n) is 18.2. The Balaban J connectivity index is 0.000000270. The summed E-state index contributed by atoms with van der Waals surface area (Å²) in [5.74, 6) is 0. The summed E-state index contributed by atoms with van der Waals surface area (Å²) in [6, 6.07) is 1.81. The lowest BCUT2D eigenvalue weighted by atomic mass is 10.2. The Labute approximate surface area is 298 Å². The van der Waals surface area contributed by atoms with Gasteiger partial charge in [-0.1, -0.05) is 0 Å². The van der Waals surface area contributed by atoms with Crippen molar-refractivity contribution in [1.29, 1.82) is 0 Å². The summed E-state index contributed by atoms with van der Waals surface area (Å²) in [5, 5.41) is 27.4. The predicted molar refractivity (Wildman–Crippen MR) is 191 cm³/mol. The van der Waals surface area contributed by atoms with Crippen LogP contribution in [0.15, 0.2) is 0 Å². The van der Waals surface area contributed by atoms with E-state index < -0.39 is 35.7 Å². The Hall–Kier alpha value is -0.126. The van der Waals surface area contributed by atoms with Crippen molar-refractivity contribution in [2.24, 2.45) is 0 Å². The average molecular weight is 743 g/mol. The summed E-state index contributed by atoms with van der Waals surface area (Å²) < 4.78 is 50.9. The van der Waals surface area contributed by atoms with Crippen LogP contribution in [-0.4, -0.2) is 184 Å². The second kappa shape index (κ2) is 23.5. The highest BCUT2D eigenvalue weighted by molar-refractivity contribution is 6.65. The molecule has 5 heterocycles. The molecular formula is C33H70N2O12Si2. The number of nitrogens with zero attached hydrogens (tertiary/aromatic N) is 2. The summed E-state index contributed by atoms with van der Waals surface area (Å²) in [4.78, 5) is 4.23. The van der Waals surface area contributed by atoms with Gasteiger partial charge in [0.2, 0.25) is 0 Å². The molecule has 5 rings (SSSR count). The number of fused-ring (bicyclic) bond motifs is 6. The van der Waals surface area contributed by atoms with Gasteiger partial charge in [-0.2, -0.15) is 0 Å². The quantitative estimate of drug-likeness (QED) is 0.0944. The van der Waals surface area contributed by atoms with Crippen molar-refractivity contribution in [3.8, 4) is 0 Å². The molecule has 5 fully saturated rings. The number of epoxide rings is 2. The van der Waals surface area contributed by atoms with Gasteiger partial charge in [0, 0.05) is 72.7 Å². The number of rotatable bonds is 20. The maximum atomic E-state index is 9.14. The van der Waals surface area contributed by atoms with Crippen LogP contribution in [0.5, 0.6) is 0 Å². The molecule has 0 radical (unpaired) electrons. The molecular weight excluding hydrogens is 673 g/mol. The summed E-state index contributed by atoms with van der Waals surface area (Å²) in [5.41, 5.74) is 0. The third-order valence-electron chi connectivity index (χ3n) is 8.22. The highest BCUT2D eigenvalue weighted by Gasteiger charge is 2.48. The summed E-state index contributed by atoms with van der Waals surface area (Å²) in [6.07, 6.45) is 1.78. The molecule has 8 unspecified atom stereocenters. The van der Waals surface area contributed by atoms with Gasteiger partial charge in [-0.05, 0) is 67.0 Å². The third kappa shape index (κ3) is 21.2. The first-order chi connectivity index (χ1) is 23.2.